The highest BCUT2D eigenvalue weighted by Gasteiger charge is 2.07. The number of hydrogen-bond acceptors (Lipinski definition) is 3. The number of benzene rings is 2. The molecule has 22 heavy (non-hydrogen) atoms. The van der Waals surface area contributed by atoms with Gasteiger partial charge in [0.2, 0.25) is 0 Å². The molecule has 116 valence electrons. The highest BCUT2D eigenvalue weighted by atomic mass is 35.5. The molecule has 0 aliphatic rings. The summed E-state index contributed by atoms with van der Waals surface area (Å²) in [4.78, 5) is 0. The maximum absolute atomic E-state index is 7.19. The van der Waals surface area contributed by atoms with Gasteiger partial charge >= 0.3 is 0 Å². The predicted octanol–water partition coefficient (Wildman–Crippen LogP) is 2.91. The zero-order chi connectivity index (χ0) is 15.9. The van der Waals surface area contributed by atoms with E-state index in [1.54, 1.807) is 7.11 Å². The Balaban J connectivity index is 2.08. The van der Waals surface area contributed by atoms with Gasteiger partial charge in [0.05, 0.1) is 7.11 Å². The quantitative estimate of drug-likeness (QED) is 0.565. The molecule has 2 rings (SSSR count). The Bertz CT molecular complexity index is 644. The third-order valence-electron chi connectivity index (χ3n) is 3.02. The van der Waals surface area contributed by atoms with E-state index < -0.39 is 0 Å². The molecule has 0 atom stereocenters. The van der Waals surface area contributed by atoms with Crippen molar-refractivity contribution in [2.45, 2.75) is 13.2 Å². The summed E-state index contributed by atoms with van der Waals surface area (Å²) in [5.74, 6) is 1.22. The summed E-state index contributed by atoms with van der Waals surface area (Å²) < 4.78 is 11.1. The topological polar surface area (TPSA) is 80.4 Å². The fourth-order valence-corrected chi connectivity index (χ4v) is 2.01. The van der Waals surface area contributed by atoms with Crippen molar-refractivity contribution in [3.63, 3.8) is 0 Å². The maximum atomic E-state index is 7.19. The predicted molar refractivity (Wildman–Crippen MR) is 87.5 cm³/mol. The normalized spacial score (nSPS) is 10.1. The average Bonchev–Trinajstić information content (AvgIpc) is 2.52. The van der Waals surface area contributed by atoms with Crippen LogP contribution >= 0.6 is 11.6 Å². The van der Waals surface area contributed by atoms with E-state index in [-0.39, 0.29) is 5.96 Å². The monoisotopic (exact) mass is 319 g/mol. The molecule has 0 saturated heterocycles. The van der Waals surface area contributed by atoms with Crippen LogP contribution in [0.15, 0.2) is 42.5 Å². The van der Waals surface area contributed by atoms with Crippen LogP contribution in [0, 0.1) is 5.41 Å². The number of methoxy groups -OCH3 is 1. The Morgan fingerprint density at radius 1 is 1.14 bits per heavy atom. The second kappa shape index (κ2) is 7.56. The lowest BCUT2D eigenvalue weighted by Gasteiger charge is -2.13. The van der Waals surface area contributed by atoms with E-state index in [9.17, 15) is 0 Å². The summed E-state index contributed by atoms with van der Waals surface area (Å²) in [6, 6.07) is 13.1. The van der Waals surface area contributed by atoms with Crippen LogP contribution in [-0.2, 0) is 13.2 Å². The summed E-state index contributed by atoms with van der Waals surface area (Å²) in [5, 5.41) is 10.6. The van der Waals surface area contributed by atoms with Crippen LogP contribution in [-0.4, -0.2) is 13.1 Å². The van der Waals surface area contributed by atoms with Crippen molar-refractivity contribution in [3.8, 4) is 11.5 Å². The first-order valence-corrected chi connectivity index (χ1v) is 7.08. The number of hydrogen-bond donors (Lipinski definition) is 3. The molecule has 2 aromatic rings. The third-order valence-corrected chi connectivity index (χ3v) is 3.27. The molecule has 0 amide bonds. The molecule has 6 heteroatoms. The molecule has 0 heterocycles. The Labute approximate surface area is 134 Å². The van der Waals surface area contributed by atoms with Gasteiger partial charge in [-0.1, -0.05) is 29.8 Å². The Morgan fingerprint density at radius 2 is 1.82 bits per heavy atom. The van der Waals surface area contributed by atoms with Crippen LogP contribution in [0.5, 0.6) is 11.5 Å². The Hall–Kier alpha value is -2.40. The summed E-state index contributed by atoms with van der Waals surface area (Å²) in [7, 11) is 1.60. The molecule has 0 aliphatic carbocycles. The van der Waals surface area contributed by atoms with Gasteiger partial charge in [0.15, 0.2) is 17.5 Å². The molecule has 0 saturated carbocycles. The highest BCUT2D eigenvalue weighted by molar-refractivity contribution is 6.30. The molecule has 0 bridgehead atoms. The van der Waals surface area contributed by atoms with Crippen LogP contribution in [0.4, 0.5) is 0 Å². The molecule has 2 aromatic carbocycles. The summed E-state index contributed by atoms with van der Waals surface area (Å²) >= 11 is 5.86. The molecule has 4 N–H and O–H groups in total. The first-order valence-electron chi connectivity index (χ1n) is 6.70. The molecule has 0 aliphatic heterocycles. The van der Waals surface area contributed by atoms with Gasteiger partial charge in [-0.25, -0.2) is 0 Å². The van der Waals surface area contributed by atoms with Crippen LogP contribution in [0.1, 0.15) is 11.1 Å². The summed E-state index contributed by atoms with van der Waals surface area (Å²) in [6.07, 6.45) is 0. The second-order valence-electron chi connectivity index (χ2n) is 4.67. The van der Waals surface area contributed by atoms with Crippen molar-refractivity contribution in [1.82, 2.24) is 5.32 Å². The van der Waals surface area contributed by atoms with Gasteiger partial charge in [0, 0.05) is 11.6 Å². The van der Waals surface area contributed by atoms with E-state index >= 15 is 0 Å². The largest absolute Gasteiger partial charge is 0.493 e. The molecular weight excluding hydrogens is 302 g/mol. The van der Waals surface area contributed by atoms with E-state index in [4.69, 9.17) is 32.2 Å². The van der Waals surface area contributed by atoms with Crippen LogP contribution < -0.4 is 20.5 Å². The third kappa shape index (κ3) is 4.56. The zero-order valence-electron chi connectivity index (χ0n) is 12.2. The van der Waals surface area contributed by atoms with Gasteiger partial charge in [-0.2, -0.15) is 0 Å². The number of halogens is 1. The minimum atomic E-state index is -0.0700. The first kappa shape index (κ1) is 16.0. The van der Waals surface area contributed by atoms with Gasteiger partial charge < -0.3 is 20.5 Å². The van der Waals surface area contributed by atoms with Crippen LogP contribution in [0.25, 0.3) is 0 Å². The Kier molecular flexibility index (Phi) is 5.49. The van der Waals surface area contributed by atoms with Gasteiger partial charge in [0.1, 0.15) is 6.61 Å². The van der Waals surface area contributed by atoms with Gasteiger partial charge in [-0.05, 0) is 35.4 Å². The fraction of sp³-hybridized carbons (Fsp3) is 0.188. The number of nitrogens with one attached hydrogen (secondary N) is 2. The van der Waals surface area contributed by atoms with E-state index in [1.165, 1.54) is 0 Å². The number of ether oxygens (including phenoxy) is 2. The standard InChI is InChI=1S/C16H18ClN3O2/c1-21-14-7-4-12(9-20-16(18)19)8-15(14)22-10-11-2-5-13(17)6-3-11/h2-8H,9-10H2,1H3,(H4,18,19,20). The number of guanidine groups is 1. The second-order valence-corrected chi connectivity index (χ2v) is 5.10. The minimum Gasteiger partial charge on any atom is -0.493 e. The number of rotatable bonds is 6. The van der Waals surface area contributed by atoms with Gasteiger partial charge in [-0.3, -0.25) is 5.41 Å². The lowest BCUT2D eigenvalue weighted by atomic mass is 10.2. The zero-order valence-corrected chi connectivity index (χ0v) is 13.0. The Morgan fingerprint density at radius 3 is 2.45 bits per heavy atom. The average molecular weight is 320 g/mol. The van der Waals surface area contributed by atoms with Crippen molar-refractivity contribution in [2.24, 2.45) is 5.73 Å². The molecule has 0 spiro atoms. The van der Waals surface area contributed by atoms with E-state index in [0.717, 1.165) is 11.1 Å². The van der Waals surface area contributed by atoms with Crippen molar-refractivity contribution < 1.29 is 9.47 Å². The van der Waals surface area contributed by atoms with Gasteiger partial charge in [-0.15, -0.1) is 0 Å². The highest BCUT2D eigenvalue weighted by Crippen LogP contribution is 2.29. The molecule has 0 aromatic heterocycles. The van der Waals surface area contributed by atoms with Crippen LogP contribution in [0.3, 0.4) is 0 Å². The van der Waals surface area contributed by atoms with Crippen molar-refractivity contribution >= 4 is 17.6 Å². The molecular formula is C16H18ClN3O2. The van der Waals surface area contributed by atoms with Crippen molar-refractivity contribution in [1.29, 1.82) is 5.41 Å². The van der Waals surface area contributed by atoms with Crippen molar-refractivity contribution in [2.75, 3.05) is 7.11 Å². The molecule has 0 fully saturated rings. The number of nitrogens with two attached hydrogens (primary N) is 1. The van der Waals surface area contributed by atoms with Crippen molar-refractivity contribution in [3.05, 3.63) is 58.6 Å². The maximum Gasteiger partial charge on any atom is 0.185 e. The fourth-order valence-electron chi connectivity index (χ4n) is 1.88. The first-order chi connectivity index (χ1) is 10.6. The molecule has 0 radical (unpaired) electrons. The smallest absolute Gasteiger partial charge is 0.185 e. The molecule has 5 nitrogen and oxygen atoms in total. The summed E-state index contributed by atoms with van der Waals surface area (Å²) in [6.45, 7) is 0.869. The lowest BCUT2D eigenvalue weighted by molar-refractivity contribution is 0.284. The minimum absolute atomic E-state index is 0.0700. The van der Waals surface area contributed by atoms with E-state index in [1.807, 2.05) is 42.5 Å². The molecule has 0 unspecified atom stereocenters. The van der Waals surface area contributed by atoms with E-state index in [0.29, 0.717) is 29.7 Å². The SMILES string of the molecule is COc1ccc(CNC(=N)N)cc1OCc1ccc(Cl)cc1. The van der Waals surface area contributed by atoms with E-state index in [2.05, 4.69) is 5.32 Å². The summed E-state index contributed by atoms with van der Waals surface area (Å²) in [5.41, 5.74) is 7.25. The lowest BCUT2D eigenvalue weighted by Crippen LogP contribution is -2.29. The van der Waals surface area contributed by atoms with Gasteiger partial charge in [0.25, 0.3) is 0 Å². The van der Waals surface area contributed by atoms with Crippen LogP contribution in [0.2, 0.25) is 5.02 Å².